The van der Waals surface area contributed by atoms with Crippen molar-refractivity contribution in [3.05, 3.63) is 57.8 Å². The van der Waals surface area contributed by atoms with Gasteiger partial charge in [0, 0.05) is 13.1 Å². The number of halogens is 2. The molecule has 0 saturated carbocycles. The molecule has 1 N–H and O–H groups in total. The molecule has 0 aliphatic rings. The van der Waals surface area contributed by atoms with Gasteiger partial charge in [0.2, 0.25) is 0 Å². The number of rotatable bonds is 8. The summed E-state index contributed by atoms with van der Waals surface area (Å²) in [5.41, 5.74) is 2.13. The van der Waals surface area contributed by atoms with Gasteiger partial charge >= 0.3 is 0 Å². The quantitative estimate of drug-likeness (QED) is 0.720. The minimum atomic E-state index is -0.218. The third-order valence-corrected chi connectivity index (χ3v) is 3.90. The van der Waals surface area contributed by atoms with E-state index in [1.807, 2.05) is 12.1 Å². The Morgan fingerprint density at radius 1 is 1.09 bits per heavy atom. The maximum absolute atomic E-state index is 12.9. The van der Waals surface area contributed by atoms with Crippen LogP contribution in [0.25, 0.3) is 0 Å². The Hall–Kier alpha value is -1.59. The fraction of sp³-hybridized carbons (Fsp3) is 0.333. The van der Waals surface area contributed by atoms with Gasteiger partial charge in [0.05, 0.1) is 18.2 Å². The zero-order valence-corrected chi connectivity index (χ0v) is 15.0. The summed E-state index contributed by atoms with van der Waals surface area (Å²) >= 11 is 3.54. The summed E-state index contributed by atoms with van der Waals surface area (Å²) in [7, 11) is 1.64. The Labute approximate surface area is 144 Å². The summed E-state index contributed by atoms with van der Waals surface area (Å²) in [6.45, 7) is 4.07. The average Bonchev–Trinajstić information content (AvgIpc) is 2.55. The summed E-state index contributed by atoms with van der Waals surface area (Å²) < 4.78 is 24.9. The van der Waals surface area contributed by atoms with Crippen molar-refractivity contribution in [2.24, 2.45) is 0 Å². The highest BCUT2D eigenvalue weighted by atomic mass is 79.9. The molecule has 0 aliphatic carbocycles. The van der Waals surface area contributed by atoms with Crippen LogP contribution in [-0.4, -0.2) is 13.7 Å². The predicted molar refractivity (Wildman–Crippen MR) is 93.4 cm³/mol. The van der Waals surface area contributed by atoms with Gasteiger partial charge in [0.15, 0.2) is 11.5 Å². The molecule has 0 amide bonds. The van der Waals surface area contributed by atoms with E-state index in [1.54, 1.807) is 19.2 Å². The van der Waals surface area contributed by atoms with Crippen LogP contribution < -0.4 is 14.8 Å². The Morgan fingerprint density at radius 3 is 2.43 bits per heavy atom. The van der Waals surface area contributed by atoms with Gasteiger partial charge in [-0.25, -0.2) is 4.39 Å². The summed E-state index contributed by atoms with van der Waals surface area (Å²) in [6.07, 6.45) is 0.941. The minimum Gasteiger partial charge on any atom is -0.493 e. The predicted octanol–water partition coefficient (Wildman–Crippen LogP) is 4.68. The van der Waals surface area contributed by atoms with Crippen LogP contribution in [0.5, 0.6) is 11.5 Å². The molecule has 0 spiro atoms. The van der Waals surface area contributed by atoms with Crippen LogP contribution in [0.2, 0.25) is 0 Å². The largest absolute Gasteiger partial charge is 0.493 e. The zero-order chi connectivity index (χ0) is 16.7. The van der Waals surface area contributed by atoms with E-state index in [0.717, 1.165) is 27.8 Å². The molecular weight excluding hydrogens is 361 g/mol. The lowest BCUT2D eigenvalue weighted by Crippen LogP contribution is -2.13. The van der Waals surface area contributed by atoms with Gasteiger partial charge < -0.3 is 14.8 Å². The van der Waals surface area contributed by atoms with E-state index in [0.29, 0.717) is 25.4 Å². The molecule has 0 unspecified atom stereocenters. The monoisotopic (exact) mass is 381 g/mol. The second kappa shape index (κ2) is 8.89. The molecule has 2 aromatic rings. The van der Waals surface area contributed by atoms with Gasteiger partial charge in [-0.05, 0) is 57.7 Å². The topological polar surface area (TPSA) is 30.5 Å². The fourth-order valence-electron chi connectivity index (χ4n) is 2.17. The molecule has 0 aliphatic heterocycles. The van der Waals surface area contributed by atoms with Crippen molar-refractivity contribution in [3.63, 3.8) is 0 Å². The van der Waals surface area contributed by atoms with Crippen LogP contribution in [0.15, 0.2) is 40.9 Å². The first-order valence-electron chi connectivity index (χ1n) is 7.58. The standard InChI is InChI=1S/C18H21BrFNO2/c1-3-8-23-18-16(19)9-14(10-17(18)22-2)12-21-11-13-4-6-15(20)7-5-13/h4-7,9-10,21H,3,8,11-12H2,1-2H3. The molecule has 0 atom stereocenters. The molecular formula is C18H21BrFNO2. The molecule has 5 heteroatoms. The summed E-state index contributed by atoms with van der Waals surface area (Å²) in [5.74, 6) is 1.23. The van der Waals surface area contributed by atoms with Gasteiger partial charge in [-0.15, -0.1) is 0 Å². The van der Waals surface area contributed by atoms with Crippen LogP contribution in [0, 0.1) is 5.82 Å². The van der Waals surface area contributed by atoms with E-state index >= 15 is 0 Å². The van der Waals surface area contributed by atoms with Crippen LogP contribution in [0.1, 0.15) is 24.5 Å². The van der Waals surface area contributed by atoms with Gasteiger partial charge in [0.25, 0.3) is 0 Å². The highest BCUT2D eigenvalue weighted by molar-refractivity contribution is 9.10. The minimum absolute atomic E-state index is 0.218. The Balaban J connectivity index is 1.99. The van der Waals surface area contributed by atoms with Gasteiger partial charge in [-0.3, -0.25) is 0 Å². The maximum atomic E-state index is 12.9. The first kappa shape index (κ1) is 17.8. The molecule has 2 rings (SSSR count). The molecule has 23 heavy (non-hydrogen) atoms. The number of hydrogen-bond acceptors (Lipinski definition) is 3. The third-order valence-electron chi connectivity index (χ3n) is 3.31. The molecule has 0 fully saturated rings. The van der Waals surface area contributed by atoms with Crippen molar-refractivity contribution in [2.75, 3.05) is 13.7 Å². The van der Waals surface area contributed by atoms with E-state index in [9.17, 15) is 4.39 Å². The Kier molecular flexibility index (Phi) is 6.86. The summed E-state index contributed by atoms with van der Waals surface area (Å²) in [4.78, 5) is 0. The van der Waals surface area contributed by atoms with Gasteiger partial charge in [-0.1, -0.05) is 19.1 Å². The first-order valence-corrected chi connectivity index (χ1v) is 8.37. The normalized spacial score (nSPS) is 10.6. The highest BCUT2D eigenvalue weighted by Gasteiger charge is 2.11. The van der Waals surface area contributed by atoms with Crippen LogP contribution in [0.3, 0.4) is 0 Å². The average molecular weight is 382 g/mol. The van der Waals surface area contributed by atoms with Crippen molar-refractivity contribution in [1.29, 1.82) is 0 Å². The Bertz CT molecular complexity index is 632. The van der Waals surface area contributed by atoms with Crippen LogP contribution in [0.4, 0.5) is 4.39 Å². The molecule has 0 saturated heterocycles. The molecule has 2 aromatic carbocycles. The summed E-state index contributed by atoms with van der Waals surface area (Å²) in [5, 5.41) is 3.34. The number of hydrogen-bond donors (Lipinski definition) is 1. The van der Waals surface area contributed by atoms with Crippen molar-refractivity contribution >= 4 is 15.9 Å². The molecule has 124 valence electrons. The number of benzene rings is 2. The van der Waals surface area contributed by atoms with Crippen molar-refractivity contribution in [3.8, 4) is 11.5 Å². The first-order chi connectivity index (χ1) is 11.1. The van der Waals surface area contributed by atoms with Gasteiger partial charge in [-0.2, -0.15) is 0 Å². The SMILES string of the molecule is CCCOc1c(Br)cc(CNCc2ccc(F)cc2)cc1OC. The molecule has 0 radical (unpaired) electrons. The lowest BCUT2D eigenvalue weighted by Gasteiger charge is -2.14. The lowest BCUT2D eigenvalue weighted by atomic mass is 10.2. The van der Waals surface area contributed by atoms with E-state index in [2.05, 4.69) is 28.2 Å². The van der Waals surface area contributed by atoms with E-state index in [4.69, 9.17) is 9.47 Å². The smallest absolute Gasteiger partial charge is 0.175 e. The third kappa shape index (κ3) is 5.22. The molecule has 0 bridgehead atoms. The second-order valence-electron chi connectivity index (χ2n) is 5.19. The van der Waals surface area contributed by atoms with Crippen molar-refractivity contribution in [1.82, 2.24) is 5.32 Å². The number of nitrogens with one attached hydrogen (secondary N) is 1. The van der Waals surface area contributed by atoms with Crippen molar-refractivity contribution < 1.29 is 13.9 Å². The van der Waals surface area contributed by atoms with E-state index in [1.165, 1.54) is 12.1 Å². The molecule has 0 aromatic heterocycles. The second-order valence-corrected chi connectivity index (χ2v) is 6.04. The lowest BCUT2D eigenvalue weighted by molar-refractivity contribution is 0.292. The zero-order valence-electron chi connectivity index (χ0n) is 13.4. The summed E-state index contributed by atoms with van der Waals surface area (Å²) in [6, 6.07) is 10.5. The number of ether oxygens (including phenoxy) is 2. The fourth-order valence-corrected chi connectivity index (χ4v) is 2.78. The number of methoxy groups -OCH3 is 1. The van der Waals surface area contributed by atoms with E-state index in [-0.39, 0.29) is 5.82 Å². The van der Waals surface area contributed by atoms with E-state index < -0.39 is 0 Å². The molecule has 0 heterocycles. The maximum Gasteiger partial charge on any atom is 0.175 e. The van der Waals surface area contributed by atoms with Gasteiger partial charge in [0.1, 0.15) is 5.82 Å². The van der Waals surface area contributed by atoms with Crippen LogP contribution >= 0.6 is 15.9 Å². The Morgan fingerprint density at radius 2 is 1.78 bits per heavy atom. The van der Waals surface area contributed by atoms with Crippen molar-refractivity contribution in [2.45, 2.75) is 26.4 Å². The van der Waals surface area contributed by atoms with Crippen LogP contribution in [-0.2, 0) is 13.1 Å². The molecule has 3 nitrogen and oxygen atoms in total. The highest BCUT2D eigenvalue weighted by Crippen LogP contribution is 2.36.